The van der Waals surface area contributed by atoms with Crippen molar-refractivity contribution in [2.45, 2.75) is 32.4 Å². The van der Waals surface area contributed by atoms with Crippen molar-refractivity contribution in [3.8, 4) is 0 Å². The van der Waals surface area contributed by atoms with Crippen LogP contribution in [-0.4, -0.2) is 15.5 Å². The quantitative estimate of drug-likeness (QED) is 0.394. The van der Waals surface area contributed by atoms with Crippen molar-refractivity contribution in [1.29, 1.82) is 0 Å². The summed E-state index contributed by atoms with van der Waals surface area (Å²) in [6.45, 7) is 2.34. The molecule has 5 nitrogen and oxygen atoms in total. The van der Waals surface area contributed by atoms with Crippen molar-refractivity contribution in [1.82, 2.24) is 14.9 Å². The summed E-state index contributed by atoms with van der Waals surface area (Å²) >= 11 is 12.3. The van der Waals surface area contributed by atoms with Gasteiger partial charge in [0, 0.05) is 6.42 Å². The SMILES string of the molecule is CC[C@@H](C(=O)NCc1ccco1)n1c(Cc2ccc(Cl)c(Cl)c2)nc2ccccc21. The standard InChI is InChI=1S/C23H21Cl2N3O2/c1-2-20(23(29)26-14-16-6-5-11-30-16)28-21-8-4-3-7-19(21)27-22(28)13-15-9-10-17(24)18(25)12-15/h3-12,20H,2,13-14H2,1H3,(H,26,29)/t20-/m0/s1. The van der Waals surface area contributed by atoms with Crippen molar-refractivity contribution in [3.63, 3.8) is 0 Å². The predicted octanol–water partition coefficient (Wildman–Crippen LogP) is 5.79. The fourth-order valence-electron chi connectivity index (χ4n) is 3.59. The summed E-state index contributed by atoms with van der Waals surface area (Å²) in [6.07, 6.45) is 2.75. The van der Waals surface area contributed by atoms with E-state index in [2.05, 4.69) is 5.32 Å². The van der Waals surface area contributed by atoms with Crippen LogP contribution in [0.3, 0.4) is 0 Å². The van der Waals surface area contributed by atoms with Crippen LogP contribution >= 0.6 is 23.2 Å². The van der Waals surface area contributed by atoms with E-state index in [0.29, 0.717) is 35.2 Å². The monoisotopic (exact) mass is 441 g/mol. The molecule has 2 aromatic carbocycles. The number of benzene rings is 2. The van der Waals surface area contributed by atoms with E-state index < -0.39 is 6.04 Å². The van der Waals surface area contributed by atoms with Gasteiger partial charge in [0.15, 0.2) is 0 Å². The van der Waals surface area contributed by atoms with Gasteiger partial charge in [0.1, 0.15) is 17.6 Å². The zero-order chi connectivity index (χ0) is 21.1. The minimum atomic E-state index is -0.398. The molecule has 0 radical (unpaired) electrons. The molecule has 0 bridgehead atoms. The predicted molar refractivity (Wildman–Crippen MR) is 119 cm³/mol. The maximum atomic E-state index is 13.1. The first-order valence-electron chi connectivity index (χ1n) is 9.76. The first-order chi connectivity index (χ1) is 14.6. The lowest BCUT2D eigenvalue weighted by atomic mass is 10.1. The lowest BCUT2D eigenvalue weighted by Crippen LogP contribution is -2.32. The Labute approximate surface area is 184 Å². The molecule has 30 heavy (non-hydrogen) atoms. The third-order valence-corrected chi connectivity index (χ3v) is 5.77. The average molecular weight is 442 g/mol. The van der Waals surface area contributed by atoms with Crippen LogP contribution in [0.25, 0.3) is 11.0 Å². The van der Waals surface area contributed by atoms with Crippen LogP contribution in [0.2, 0.25) is 10.0 Å². The molecule has 0 saturated carbocycles. The Morgan fingerprint density at radius 3 is 2.70 bits per heavy atom. The number of carbonyl (C=O) groups is 1. The Kier molecular flexibility index (Phi) is 6.11. The number of hydrogen-bond acceptors (Lipinski definition) is 3. The molecule has 2 aromatic heterocycles. The zero-order valence-electron chi connectivity index (χ0n) is 16.4. The summed E-state index contributed by atoms with van der Waals surface area (Å²) in [5.74, 6) is 1.44. The molecule has 1 amide bonds. The fraction of sp³-hybridized carbons (Fsp3) is 0.217. The van der Waals surface area contributed by atoms with Gasteiger partial charge in [0.2, 0.25) is 5.91 Å². The van der Waals surface area contributed by atoms with Gasteiger partial charge in [0.25, 0.3) is 0 Å². The Hall–Kier alpha value is -2.76. The Morgan fingerprint density at radius 1 is 1.13 bits per heavy atom. The van der Waals surface area contributed by atoms with Crippen LogP contribution in [0.4, 0.5) is 0 Å². The minimum absolute atomic E-state index is 0.0764. The zero-order valence-corrected chi connectivity index (χ0v) is 18.0. The van der Waals surface area contributed by atoms with Crippen LogP contribution in [0.5, 0.6) is 0 Å². The van der Waals surface area contributed by atoms with Gasteiger partial charge in [-0.3, -0.25) is 4.79 Å². The van der Waals surface area contributed by atoms with Gasteiger partial charge in [-0.2, -0.15) is 0 Å². The van der Waals surface area contributed by atoms with Crippen LogP contribution in [0.15, 0.2) is 65.3 Å². The highest BCUT2D eigenvalue weighted by Gasteiger charge is 2.24. The fourth-order valence-corrected chi connectivity index (χ4v) is 3.91. The molecule has 0 unspecified atom stereocenters. The summed E-state index contributed by atoms with van der Waals surface area (Å²) in [4.78, 5) is 17.9. The van der Waals surface area contributed by atoms with Gasteiger partial charge in [-0.15, -0.1) is 0 Å². The number of nitrogens with one attached hydrogen (secondary N) is 1. The number of carbonyl (C=O) groups excluding carboxylic acids is 1. The lowest BCUT2D eigenvalue weighted by molar-refractivity contribution is -0.124. The topological polar surface area (TPSA) is 60.1 Å². The number of furan rings is 1. The largest absolute Gasteiger partial charge is 0.467 e. The van der Waals surface area contributed by atoms with E-state index in [1.165, 1.54) is 0 Å². The molecule has 2 heterocycles. The van der Waals surface area contributed by atoms with Crippen LogP contribution in [-0.2, 0) is 17.8 Å². The van der Waals surface area contributed by atoms with Crippen LogP contribution in [0, 0.1) is 0 Å². The maximum absolute atomic E-state index is 13.1. The highest BCUT2D eigenvalue weighted by molar-refractivity contribution is 6.42. The van der Waals surface area contributed by atoms with E-state index >= 15 is 0 Å². The van der Waals surface area contributed by atoms with Crippen LogP contribution in [0.1, 0.15) is 36.5 Å². The molecule has 1 N–H and O–H groups in total. The smallest absolute Gasteiger partial charge is 0.243 e. The van der Waals surface area contributed by atoms with Crippen molar-refractivity contribution < 1.29 is 9.21 Å². The molecule has 7 heteroatoms. The summed E-state index contributed by atoms with van der Waals surface area (Å²) in [7, 11) is 0. The van der Waals surface area contributed by atoms with Gasteiger partial charge >= 0.3 is 0 Å². The first kappa shape index (κ1) is 20.5. The number of para-hydroxylation sites is 2. The minimum Gasteiger partial charge on any atom is -0.467 e. The number of imidazole rings is 1. The second-order valence-electron chi connectivity index (χ2n) is 7.03. The number of hydrogen-bond donors (Lipinski definition) is 1. The summed E-state index contributed by atoms with van der Waals surface area (Å²) < 4.78 is 7.35. The number of aromatic nitrogens is 2. The molecule has 4 rings (SSSR count). The third-order valence-electron chi connectivity index (χ3n) is 5.03. The van der Waals surface area contributed by atoms with E-state index in [1.54, 1.807) is 18.4 Å². The number of rotatable bonds is 7. The molecule has 0 fully saturated rings. The highest BCUT2D eigenvalue weighted by Crippen LogP contribution is 2.28. The number of amides is 1. The Balaban J connectivity index is 1.68. The second kappa shape index (κ2) is 8.94. The summed E-state index contributed by atoms with van der Waals surface area (Å²) in [6, 6.07) is 16.6. The highest BCUT2D eigenvalue weighted by atomic mass is 35.5. The Morgan fingerprint density at radius 2 is 1.97 bits per heavy atom. The average Bonchev–Trinajstić information content (AvgIpc) is 3.38. The molecule has 0 saturated heterocycles. The molecule has 1 atom stereocenters. The lowest BCUT2D eigenvalue weighted by Gasteiger charge is -2.20. The van der Waals surface area contributed by atoms with E-state index in [0.717, 1.165) is 22.4 Å². The Bertz CT molecular complexity index is 1170. The molecule has 0 aliphatic carbocycles. The molecular weight excluding hydrogens is 421 g/mol. The van der Waals surface area contributed by atoms with Gasteiger partial charge in [-0.1, -0.05) is 48.3 Å². The molecular formula is C23H21Cl2N3O2. The van der Waals surface area contributed by atoms with Crippen molar-refractivity contribution in [2.24, 2.45) is 0 Å². The first-order valence-corrected chi connectivity index (χ1v) is 10.5. The van der Waals surface area contributed by atoms with E-state index in [1.807, 2.05) is 54.0 Å². The number of fused-ring (bicyclic) bond motifs is 1. The molecule has 0 aliphatic rings. The van der Waals surface area contributed by atoms with E-state index in [9.17, 15) is 4.79 Å². The van der Waals surface area contributed by atoms with E-state index in [-0.39, 0.29) is 5.91 Å². The van der Waals surface area contributed by atoms with Gasteiger partial charge in [0.05, 0.1) is 33.9 Å². The third kappa shape index (κ3) is 4.23. The summed E-state index contributed by atoms with van der Waals surface area (Å²) in [5.41, 5.74) is 2.75. The van der Waals surface area contributed by atoms with Gasteiger partial charge in [-0.05, 0) is 48.4 Å². The van der Waals surface area contributed by atoms with Crippen molar-refractivity contribution >= 4 is 40.1 Å². The van der Waals surface area contributed by atoms with Gasteiger partial charge < -0.3 is 14.3 Å². The van der Waals surface area contributed by atoms with Gasteiger partial charge in [-0.25, -0.2) is 4.98 Å². The van der Waals surface area contributed by atoms with Crippen molar-refractivity contribution in [3.05, 3.63) is 88.1 Å². The van der Waals surface area contributed by atoms with Crippen LogP contribution < -0.4 is 5.32 Å². The molecule has 4 aromatic rings. The normalized spacial score (nSPS) is 12.2. The number of nitrogens with zero attached hydrogens (tertiary/aromatic N) is 2. The second-order valence-corrected chi connectivity index (χ2v) is 7.85. The molecule has 0 spiro atoms. The van der Waals surface area contributed by atoms with Crippen molar-refractivity contribution in [2.75, 3.05) is 0 Å². The maximum Gasteiger partial charge on any atom is 0.243 e. The van der Waals surface area contributed by atoms with E-state index in [4.69, 9.17) is 32.6 Å². The molecule has 154 valence electrons. The number of halogens is 2. The molecule has 0 aliphatic heterocycles. The summed E-state index contributed by atoms with van der Waals surface area (Å²) in [5, 5.41) is 3.99.